The summed E-state index contributed by atoms with van der Waals surface area (Å²) in [6.45, 7) is 15.3. The Bertz CT molecular complexity index is 967. The van der Waals surface area contributed by atoms with Crippen LogP contribution in [0.3, 0.4) is 0 Å². The van der Waals surface area contributed by atoms with Crippen molar-refractivity contribution < 1.29 is 19.4 Å². The summed E-state index contributed by atoms with van der Waals surface area (Å²) in [7, 11) is 0. The predicted molar refractivity (Wildman–Crippen MR) is 127 cm³/mol. The smallest absolute Gasteiger partial charge is 0.307 e. The van der Waals surface area contributed by atoms with Crippen LogP contribution in [0.25, 0.3) is 11.1 Å². The highest BCUT2D eigenvalue weighted by Gasteiger charge is 2.10. The van der Waals surface area contributed by atoms with Crippen molar-refractivity contribution in [2.45, 2.75) is 47.1 Å². The van der Waals surface area contributed by atoms with E-state index >= 15 is 0 Å². The number of ketones is 1. The molecule has 0 saturated heterocycles. The summed E-state index contributed by atoms with van der Waals surface area (Å²) in [6, 6.07) is 13.9. The first-order valence-corrected chi connectivity index (χ1v) is 10.4. The number of carboxylic acid groups (broad SMARTS) is 1. The fourth-order valence-electron chi connectivity index (χ4n) is 3.15. The zero-order chi connectivity index (χ0) is 23.4. The average Bonchev–Trinajstić information content (AvgIpc) is 2.75. The van der Waals surface area contributed by atoms with Crippen molar-refractivity contribution in [3.63, 3.8) is 0 Å². The molecule has 2 rings (SSSR count). The molecule has 0 aliphatic rings. The van der Waals surface area contributed by atoms with Gasteiger partial charge in [0.25, 0.3) is 0 Å². The van der Waals surface area contributed by atoms with Crippen molar-refractivity contribution in [3.8, 4) is 11.1 Å². The van der Waals surface area contributed by atoms with Gasteiger partial charge in [0.1, 0.15) is 18.1 Å². The number of rotatable bonds is 10. The number of carbonyl (C=O) groups is 2. The van der Waals surface area contributed by atoms with Crippen LogP contribution in [0.2, 0.25) is 0 Å². The number of carboxylic acids is 1. The Morgan fingerprint density at radius 3 is 2.32 bits per heavy atom. The molecule has 4 nitrogen and oxygen atoms in total. The number of Topliss-reactive ketones (excluding diaryl/α,β-unsaturated/α-hetero) is 1. The molecule has 0 amide bonds. The van der Waals surface area contributed by atoms with Gasteiger partial charge in [0, 0.05) is 12.0 Å². The molecule has 0 saturated carbocycles. The van der Waals surface area contributed by atoms with Gasteiger partial charge in [-0.2, -0.15) is 0 Å². The maximum absolute atomic E-state index is 11.5. The molecule has 164 valence electrons. The van der Waals surface area contributed by atoms with Crippen LogP contribution in [0.15, 0.2) is 79.1 Å². The predicted octanol–water partition coefficient (Wildman–Crippen LogP) is 6.44. The van der Waals surface area contributed by atoms with Crippen molar-refractivity contribution in [3.05, 3.63) is 95.8 Å². The molecule has 0 fully saturated rings. The van der Waals surface area contributed by atoms with Gasteiger partial charge in [-0.15, -0.1) is 0 Å². The molecule has 0 spiro atoms. The van der Waals surface area contributed by atoms with E-state index in [9.17, 15) is 9.59 Å². The van der Waals surface area contributed by atoms with Crippen molar-refractivity contribution in [1.82, 2.24) is 0 Å². The van der Waals surface area contributed by atoms with Gasteiger partial charge < -0.3 is 9.84 Å². The summed E-state index contributed by atoms with van der Waals surface area (Å²) in [5.41, 5.74) is 5.64. The Hall–Kier alpha value is -3.40. The summed E-state index contributed by atoms with van der Waals surface area (Å²) in [4.78, 5) is 22.5. The van der Waals surface area contributed by atoms with Crippen LogP contribution in [0.4, 0.5) is 0 Å². The van der Waals surface area contributed by atoms with E-state index in [1.54, 1.807) is 6.92 Å². The number of hydrogen-bond acceptors (Lipinski definition) is 3. The van der Waals surface area contributed by atoms with Gasteiger partial charge in [-0.05, 0) is 53.8 Å². The largest absolute Gasteiger partial charge is 0.489 e. The van der Waals surface area contributed by atoms with E-state index in [0.717, 1.165) is 27.8 Å². The Kier molecular flexibility index (Phi) is 10.8. The molecule has 1 N–H and O–H groups in total. The number of aliphatic carboxylic acids is 1. The monoisotopic (exact) mass is 420 g/mol. The molecule has 0 unspecified atom stereocenters. The first kappa shape index (κ1) is 25.6. The quantitative estimate of drug-likeness (QED) is 0.355. The Morgan fingerprint density at radius 1 is 1.06 bits per heavy atom. The number of hydrogen-bond donors (Lipinski definition) is 1. The first-order chi connectivity index (χ1) is 14.8. The fraction of sp³-hybridized carbons (Fsp3) is 0.259. The fourth-order valence-corrected chi connectivity index (χ4v) is 3.15. The molecule has 31 heavy (non-hydrogen) atoms. The van der Waals surface area contributed by atoms with Crippen molar-refractivity contribution in [2.24, 2.45) is 0 Å². The minimum Gasteiger partial charge on any atom is -0.489 e. The van der Waals surface area contributed by atoms with Crippen LogP contribution in [0.5, 0.6) is 0 Å². The molecule has 0 aliphatic heterocycles. The van der Waals surface area contributed by atoms with E-state index in [1.807, 2.05) is 63.2 Å². The highest BCUT2D eigenvalue weighted by atomic mass is 16.5. The lowest BCUT2D eigenvalue weighted by Gasteiger charge is -2.13. The molecule has 0 atom stereocenters. The topological polar surface area (TPSA) is 63.6 Å². The standard InChI is InChI=1S/C25H26O4.C2H6/c1-5-20(15-25(27)28)24(6-2)29-16-19-9-7-11-22(14-19)23-12-8-10-21(18(23)4)13-17(3)26;1-2/h5-12,14H,1-2,13,15-16H2,3-4H3,(H,27,28);1-2H3/b24-20-;. The SMILES string of the molecule is C=C/C(CC(=O)O)=C(\C=C)OCc1cccc(-c2cccc(CC(C)=O)c2C)c1.CC. The van der Waals surface area contributed by atoms with Gasteiger partial charge in [0.05, 0.1) is 6.42 Å². The van der Waals surface area contributed by atoms with Gasteiger partial charge in [0.2, 0.25) is 0 Å². The van der Waals surface area contributed by atoms with Gasteiger partial charge in [-0.1, -0.05) is 69.5 Å². The zero-order valence-corrected chi connectivity index (χ0v) is 18.9. The van der Waals surface area contributed by atoms with Gasteiger partial charge in [-0.3, -0.25) is 9.59 Å². The van der Waals surface area contributed by atoms with Crippen LogP contribution in [0, 0.1) is 6.92 Å². The summed E-state index contributed by atoms with van der Waals surface area (Å²) in [6.07, 6.45) is 3.22. The summed E-state index contributed by atoms with van der Waals surface area (Å²) < 4.78 is 5.81. The summed E-state index contributed by atoms with van der Waals surface area (Å²) >= 11 is 0. The van der Waals surface area contributed by atoms with E-state index in [4.69, 9.17) is 9.84 Å². The number of ether oxygens (including phenoxy) is 1. The van der Waals surface area contributed by atoms with Crippen LogP contribution < -0.4 is 0 Å². The lowest BCUT2D eigenvalue weighted by Crippen LogP contribution is -2.01. The number of allylic oxidation sites excluding steroid dienone is 2. The van der Waals surface area contributed by atoms with Gasteiger partial charge >= 0.3 is 5.97 Å². The Balaban J connectivity index is 0.00000233. The van der Waals surface area contributed by atoms with E-state index in [2.05, 4.69) is 13.2 Å². The molecular weight excluding hydrogens is 388 g/mol. The van der Waals surface area contributed by atoms with Crippen LogP contribution in [-0.2, 0) is 27.4 Å². The lowest BCUT2D eigenvalue weighted by atomic mass is 9.93. The van der Waals surface area contributed by atoms with Crippen LogP contribution >= 0.6 is 0 Å². The second kappa shape index (κ2) is 13.0. The lowest BCUT2D eigenvalue weighted by molar-refractivity contribution is -0.136. The van der Waals surface area contributed by atoms with E-state index < -0.39 is 5.97 Å². The molecule has 0 aliphatic carbocycles. The van der Waals surface area contributed by atoms with Crippen LogP contribution in [0.1, 0.15) is 43.9 Å². The van der Waals surface area contributed by atoms with Crippen molar-refractivity contribution in [1.29, 1.82) is 0 Å². The van der Waals surface area contributed by atoms with E-state index in [-0.39, 0.29) is 18.8 Å². The van der Waals surface area contributed by atoms with Gasteiger partial charge in [0.15, 0.2) is 0 Å². The van der Waals surface area contributed by atoms with Gasteiger partial charge in [-0.25, -0.2) is 0 Å². The molecule has 2 aromatic carbocycles. The highest BCUT2D eigenvalue weighted by Crippen LogP contribution is 2.27. The maximum Gasteiger partial charge on any atom is 0.307 e. The molecule has 4 heteroatoms. The second-order valence-corrected chi connectivity index (χ2v) is 6.83. The minimum atomic E-state index is -0.953. The Morgan fingerprint density at radius 2 is 1.74 bits per heavy atom. The number of benzene rings is 2. The molecule has 2 aromatic rings. The highest BCUT2D eigenvalue weighted by molar-refractivity contribution is 5.80. The Labute approximate surface area is 185 Å². The van der Waals surface area contributed by atoms with E-state index in [0.29, 0.717) is 17.8 Å². The molecular formula is C27H32O4. The van der Waals surface area contributed by atoms with Crippen molar-refractivity contribution in [2.75, 3.05) is 0 Å². The maximum atomic E-state index is 11.5. The molecule has 0 bridgehead atoms. The third-order valence-corrected chi connectivity index (χ3v) is 4.61. The third-order valence-electron chi connectivity index (χ3n) is 4.61. The minimum absolute atomic E-state index is 0.135. The molecule has 0 radical (unpaired) electrons. The first-order valence-electron chi connectivity index (χ1n) is 10.4. The normalized spacial score (nSPS) is 10.8. The third kappa shape index (κ3) is 7.74. The number of carbonyl (C=O) groups excluding carboxylic acids is 1. The zero-order valence-electron chi connectivity index (χ0n) is 18.9. The van der Waals surface area contributed by atoms with E-state index in [1.165, 1.54) is 12.2 Å². The van der Waals surface area contributed by atoms with Crippen molar-refractivity contribution >= 4 is 11.8 Å². The summed E-state index contributed by atoms with van der Waals surface area (Å²) in [5.74, 6) is -0.409. The average molecular weight is 421 g/mol. The molecule has 0 aromatic heterocycles. The second-order valence-electron chi connectivity index (χ2n) is 6.83. The van der Waals surface area contributed by atoms with Crippen LogP contribution in [-0.4, -0.2) is 16.9 Å². The molecule has 0 heterocycles. The summed E-state index contributed by atoms with van der Waals surface area (Å²) in [5, 5.41) is 9.02.